The topological polar surface area (TPSA) is 118 Å². The number of aromatic nitrogens is 4. The number of H-pyrrole nitrogens is 1. The molecule has 0 aromatic carbocycles. The van der Waals surface area contributed by atoms with Gasteiger partial charge in [-0.15, -0.1) is 0 Å². The van der Waals surface area contributed by atoms with Crippen LogP contribution in [0.5, 0.6) is 0 Å². The van der Waals surface area contributed by atoms with Crippen molar-refractivity contribution in [3.63, 3.8) is 0 Å². The molecule has 1 aliphatic carbocycles. The first kappa shape index (κ1) is 21.0. The normalized spacial score (nSPS) is 21.1. The number of hydrogen-bond donors (Lipinski definition) is 1. The van der Waals surface area contributed by atoms with Gasteiger partial charge in [-0.05, 0) is 31.7 Å². The van der Waals surface area contributed by atoms with Crippen molar-refractivity contribution < 1.29 is 4.79 Å². The van der Waals surface area contributed by atoms with E-state index < -0.39 is 0 Å². The standard InChI is InChI=1S/C24H26N8O/c1-30-15-18(14-28-30)22-19(13-26)21-20(6-7-27-23(21)29-22)31-8-10-32(11-9-31)24(33)17-4-2-16(12-25)3-5-17/h6-7,14-17H,2-5,8-11H2,1H3,(H,27,29). The Bertz CT molecular complexity index is 1260. The predicted molar refractivity (Wildman–Crippen MR) is 123 cm³/mol. The number of carbonyl (C=O) groups is 1. The van der Waals surface area contributed by atoms with Crippen molar-refractivity contribution in [3.8, 4) is 23.4 Å². The van der Waals surface area contributed by atoms with Crippen LogP contribution in [0, 0.1) is 34.5 Å². The van der Waals surface area contributed by atoms with E-state index in [4.69, 9.17) is 5.26 Å². The van der Waals surface area contributed by atoms with E-state index in [-0.39, 0.29) is 17.7 Å². The van der Waals surface area contributed by atoms with Gasteiger partial charge in [0.15, 0.2) is 0 Å². The van der Waals surface area contributed by atoms with Crippen molar-refractivity contribution in [3.05, 3.63) is 30.2 Å². The van der Waals surface area contributed by atoms with E-state index in [1.165, 1.54) is 0 Å². The van der Waals surface area contributed by atoms with E-state index >= 15 is 0 Å². The largest absolute Gasteiger partial charge is 0.367 e. The molecule has 0 spiro atoms. The Labute approximate surface area is 192 Å². The van der Waals surface area contributed by atoms with Crippen molar-refractivity contribution >= 4 is 22.6 Å². The van der Waals surface area contributed by atoms with Crippen LogP contribution >= 0.6 is 0 Å². The lowest BCUT2D eigenvalue weighted by molar-refractivity contribution is -0.137. The molecule has 33 heavy (non-hydrogen) atoms. The summed E-state index contributed by atoms with van der Waals surface area (Å²) in [5.74, 6) is 0.377. The Kier molecular flexibility index (Phi) is 5.47. The SMILES string of the molecule is Cn1cc(-c2[nH]c3nccc(N4CCN(C(=O)C5CCC(C#N)CC5)CC4)c3c2C#N)cn1. The van der Waals surface area contributed by atoms with Gasteiger partial charge in [0.05, 0.1) is 34.6 Å². The zero-order valence-corrected chi connectivity index (χ0v) is 18.7. The zero-order valence-electron chi connectivity index (χ0n) is 18.7. The number of amides is 1. The van der Waals surface area contributed by atoms with Crippen LogP contribution in [0.2, 0.25) is 0 Å². The highest BCUT2D eigenvalue weighted by Gasteiger charge is 2.31. The number of nitrogens with zero attached hydrogens (tertiary/aromatic N) is 7. The van der Waals surface area contributed by atoms with Crippen LogP contribution in [-0.2, 0) is 11.8 Å². The molecule has 1 saturated heterocycles. The van der Waals surface area contributed by atoms with Gasteiger partial charge in [0.2, 0.25) is 5.91 Å². The fourth-order valence-electron chi connectivity index (χ4n) is 5.14. The van der Waals surface area contributed by atoms with E-state index in [0.717, 1.165) is 48.0 Å². The van der Waals surface area contributed by atoms with Gasteiger partial charge < -0.3 is 14.8 Å². The van der Waals surface area contributed by atoms with Crippen LogP contribution in [0.15, 0.2) is 24.7 Å². The smallest absolute Gasteiger partial charge is 0.225 e. The zero-order chi connectivity index (χ0) is 22.9. The second-order valence-electron chi connectivity index (χ2n) is 8.93. The van der Waals surface area contributed by atoms with E-state index in [0.29, 0.717) is 37.4 Å². The molecule has 3 aromatic heterocycles. The Hall–Kier alpha value is -3.85. The highest BCUT2D eigenvalue weighted by Crippen LogP contribution is 2.35. The van der Waals surface area contributed by atoms with Crippen LogP contribution in [0.3, 0.4) is 0 Å². The first-order valence-electron chi connectivity index (χ1n) is 11.4. The fraction of sp³-hybridized carbons (Fsp3) is 0.458. The molecule has 9 nitrogen and oxygen atoms in total. The van der Waals surface area contributed by atoms with Gasteiger partial charge in [0.1, 0.15) is 11.7 Å². The van der Waals surface area contributed by atoms with E-state index in [2.05, 4.69) is 32.1 Å². The van der Waals surface area contributed by atoms with Crippen molar-refractivity contribution in [1.29, 1.82) is 10.5 Å². The molecule has 2 aliphatic rings. The van der Waals surface area contributed by atoms with Crippen LogP contribution in [0.25, 0.3) is 22.3 Å². The summed E-state index contributed by atoms with van der Waals surface area (Å²) < 4.78 is 1.71. The molecule has 1 N–H and O–H groups in total. The summed E-state index contributed by atoms with van der Waals surface area (Å²) in [5.41, 5.74) is 3.77. The number of fused-ring (bicyclic) bond motifs is 1. The lowest BCUT2D eigenvalue weighted by Crippen LogP contribution is -2.50. The molecule has 1 aliphatic heterocycles. The van der Waals surface area contributed by atoms with Gasteiger partial charge >= 0.3 is 0 Å². The molecular weight excluding hydrogens is 416 g/mol. The Morgan fingerprint density at radius 1 is 1.15 bits per heavy atom. The van der Waals surface area contributed by atoms with Crippen LogP contribution in [-0.4, -0.2) is 56.7 Å². The summed E-state index contributed by atoms with van der Waals surface area (Å²) in [7, 11) is 1.85. The number of piperazine rings is 1. The van der Waals surface area contributed by atoms with Gasteiger partial charge in [-0.1, -0.05) is 0 Å². The maximum absolute atomic E-state index is 13.0. The quantitative estimate of drug-likeness (QED) is 0.666. The molecule has 3 aromatic rings. The summed E-state index contributed by atoms with van der Waals surface area (Å²) in [6, 6.07) is 6.65. The second kappa shape index (κ2) is 8.59. The molecule has 0 bridgehead atoms. The minimum atomic E-state index is 0.0469. The fourth-order valence-corrected chi connectivity index (χ4v) is 5.14. The minimum absolute atomic E-state index is 0.0469. The van der Waals surface area contributed by atoms with Gasteiger partial charge in [0, 0.05) is 63.0 Å². The Morgan fingerprint density at radius 2 is 1.91 bits per heavy atom. The van der Waals surface area contributed by atoms with Crippen LogP contribution < -0.4 is 4.90 Å². The molecule has 0 unspecified atom stereocenters. The molecule has 0 atom stereocenters. The summed E-state index contributed by atoms with van der Waals surface area (Å²) in [6.07, 6.45) is 8.65. The predicted octanol–water partition coefficient (Wildman–Crippen LogP) is 2.81. The summed E-state index contributed by atoms with van der Waals surface area (Å²) in [5, 5.41) is 24.1. The molecule has 0 radical (unpaired) electrons. The maximum atomic E-state index is 13.0. The Balaban J connectivity index is 1.35. The molecule has 4 heterocycles. The molecule has 168 valence electrons. The number of nitriles is 2. The van der Waals surface area contributed by atoms with E-state index in [9.17, 15) is 10.1 Å². The number of carbonyl (C=O) groups excluding carboxylic acids is 1. The highest BCUT2D eigenvalue weighted by molar-refractivity contribution is 6.00. The van der Waals surface area contributed by atoms with Gasteiger partial charge in [-0.25, -0.2) is 4.98 Å². The van der Waals surface area contributed by atoms with Crippen LogP contribution in [0.4, 0.5) is 5.69 Å². The second-order valence-corrected chi connectivity index (χ2v) is 8.93. The van der Waals surface area contributed by atoms with Gasteiger partial charge in [-0.2, -0.15) is 15.6 Å². The molecular formula is C24H26N8O. The molecule has 9 heteroatoms. The number of nitrogens with one attached hydrogen (secondary N) is 1. The van der Waals surface area contributed by atoms with Crippen molar-refractivity contribution in [2.75, 3.05) is 31.1 Å². The minimum Gasteiger partial charge on any atom is -0.367 e. The maximum Gasteiger partial charge on any atom is 0.225 e. The first-order valence-corrected chi connectivity index (χ1v) is 11.4. The third-order valence-corrected chi connectivity index (χ3v) is 6.97. The van der Waals surface area contributed by atoms with Crippen LogP contribution in [0.1, 0.15) is 31.2 Å². The lowest BCUT2D eigenvalue weighted by Gasteiger charge is -2.38. The monoisotopic (exact) mass is 442 g/mol. The number of pyridine rings is 1. The lowest BCUT2D eigenvalue weighted by atomic mass is 9.82. The van der Waals surface area contributed by atoms with Crippen molar-refractivity contribution in [2.24, 2.45) is 18.9 Å². The van der Waals surface area contributed by atoms with Crippen molar-refractivity contribution in [2.45, 2.75) is 25.7 Å². The summed E-state index contributed by atoms with van der Waals surface area (Å²) in [4.78, 5) is 25.0. The van der Waals surface area contributed by atoms with E-state index in [1.54, 1.807) is 17.1 Å². The van der Waals surface area contributed by atoms with Crippen molar-refractivity contribution in [1.82, 2.24) is 24.6 Å². The molecule has 2 fully saturated rings. The Morgan fingerprint density at radius 3 is 2.55 bits per heavy atom. The number of aromatic amines is 1. The number of hydrogen-bond acceptors (Lipinski definition) is 6. The number of rotatable bonds is 3. The summed E-state index contributed by atoms with van der Waals surface area (Å²) >= 11 is 0. The van der Waals surface area contributed by atoms with E-state index in [1.807, 2.05) is 24.2 Å². The highest BCUT2D eigenvalue weighted by atomic mass is 16.2. The van der Waals surface area contributed by atoms with Gasteiger partial charge in [0.25, 0.3) is 0 Å². The molecule has 5 rings (SSSR count). The molecule has 1 saturated carbocycles. The van der Waals surface area contributed by atoms with Gasteiger partial charge in [-0.3, -0.25) is 9.48 Å². The third kappa shape index (κ3) is 3.80. The molecule has 1 amide bonds. The summed E-state index contributed by atoms with van der Waals surface area (Å²) in [6.45, 7) is 2.72. The number of aryl methyl sites for hydroxylation is 1. The third-order valence-electron chi connectivity index (χ3n) is 6.97. The first-order chi connectivity index (χ1) is 16.1. The average Bonchev–Trinajstić information content (AvgIpc) is 3.46. The average molecular weight is 443 g/mol. The number of anilines is 1.